The summed E-state index contributed by atoms with van der Waals surface area (Å²) in [6.45, 7) is 0. The van der Waals surface area contributed by atoms with E-state index in [4.69, 9.17) is 0 Å². The first-order chi connectivity index (χ1) is 12.4. The zero-order valence-corrected chi connectivity index (χ0v) is 14.1. The molecule has 0 bridgehead atoms. The van der Waals surface area contributed by atoms with Crippen LogP contribution in [0.2, 0.25) is 0 Å². The van der Waals surface area contributed by atoms with Gasteiger partial charge in [0.25, 0.3) is 0 Å². The van der Waals surface area contributed by atoms with E-state index in [1.54, 1.807) is 12.4 Å². The maximum atomic E-state index is 4.58. The van der Waals surface area contributed by atoms with Gasteiger partial charge in [-0.25, -0.2) is 9.97 Å². The van der Waals surface area contributed by atoms with Crippen molar-refractivity contribution in [2.75, 3.05) is 0 Å². The highest BCUT2D eigenvalue weighted by Crippen LogP contribution is 2.41. The second-order valence-electron chi connectivity index (χ2n) is 5.94. The predicted octanol–water partition coefficient (Wildman–Crippen LogP) is 3.63. The molecule has 6 nitrogen and oxygen atoms in total. The van der Waals surface area contributed by atoms with Gasteiger partial charge < -0.3 is 0 Å². The quantitative estimate of drug-likeness (QED) is 0.562. The molecule has 0 saturated heterocycles. The van der Waals surface area contributed by atoms with Crippen LogP contribution in [0, 0.1) is 0 Å². The van der Waals surface area contributed by atoms with Gasteiger partial charge in [-0.05, 0) is 48.9 Å². The Balaban J connectivity index is 1.57. The van der Waals surface area contributed by atoms with Crippen LogP contribution in [-0.2, 0) is 0 Å². The lowest BCUT2D eigenvalue weighted by Gasteiger charge is -2.09. The Labute approximate surface area is 148 Å². The summed E-state index contributed by atoms with van der Waals surface area (Å²) in [4.78, 5) is 13.1. The van der Waals surface area contributed by atoms with Crippen LogP contribution in [-0.4, -0.2) is 29.7 Å². The summed E-state index contributed by atoms with van der Waals surface area (Å²) < 4.78 is 2.14. The molecule has 0 aliphatic heterocycles. The molecule has 1 saturated carbocycles. The second-order valence-corrected chi connectivity index (χ2v) is 6.92. The molecule has 5 rings (SSSR count). The number of para-hydroxylation sites is 1. The fraction of sp³-hybridized carbons (Fsp3) is 0.167. The van der Waals surface area contributed by atoms with Crippen molar-refractivity contribution >= 4 is 22.9 Å². The van der Waals surface area contributed by atoms with Crippen LogP contribution in [0.4, 0.5) is 0 Å². The van der Waals surface area contributed by atoms with Crippen molar-refractivity contribution < 1.29 is 0 Å². The third-order valence-electron chi connectivity index (χ3n) is 4.12. The Kier molecular flexibility index (Phi) is 3.45. The number of hydrogen-bond donors (Lipinski definition) is 0. The molecule has 1 aliphatic rings. The first kappa shape index (κ1) is 14.5. The molecule has 1 aliphatic carbocycles. The molecule has 4 aromatic rings. The zero-order valence-electron chi connectivity index (χ0n) is 13.3. The molecule has 0 spiro atoms. The zero-order chi connectivity index (χ0) is 16.6. The average molecular weight is 346 g/mol. The van der Waals surface area contributed by atoms with Crippen molar-refractivity contribution in [3.05, 3.63) is 60.7 Å². The third-order valence-corrected chi connectivity index (χ3v) is 5.00. The first-order valence-electron chi connectivity index (χ1n) is 8.15. The van der Waals surface area contributed by atoms with Crippen LogP contribution in [0.15, 0.2) is 65.0 Å². The highest BCUT2D eigenvalue weighted by Gasteiger charge is 2.31. The van der Waals surface area contributed by atoms with Crippen LogP contribution in [0.25, 0.3) is 16.9 Å². The minimum Gasteiger partial charge on any atom is -0.273 e. The number of rotatable bonds is 4. The number of fused-ring (bicyclic) bond motifs is 1. The van der Waals surface area contributed by atoms with Crippen molar-refractivity contribution in [2.45, 2.75) is 28.9 Å². The molecule has 1 aromatic carbocycles. The van der Waals surface area contributed by atoms with E-state index in [9.17, 15) is 0 Å². The first-order valence-corrected chi connectivity index (χ1v) is 8.96. The number of pyridine rings is 1. The highest BCUT2D eigenvalue weighted by atomic mass is 32.2. The van der Waals surface area contributed by atoms with Gasteiger partial charge in [-0.1, -0.05) is 18.2 Å². The van der Waals surface area contributed by atoms with Crippen LogP contribution >= 0.6 is 11.8 Å². The van der Waals surface area contributed by atoms with Gasteiger partial charge in [-0.3, -0.25) is 9.55 Å². The molecule has 1 fully saturated rings. The molecule has 3 aromatic heterocycles. The molecular formula is C18H14N6S. The van der Waals surface area contributed by atoms with Crippen LogP contribution in [0.1, 0.15) is 24.6 Å². The number of hydrogen-bond acceptors (Lipinski definition) is 6. The van der Waals surface area contributed by atoms with Crippen molar-refractivity contribution in [3.8, 4) is 5.69 Å². The van der Waals surface area contributed by atoms with E-state index in [0.717, 1.165) is 27.2 Å². The Bertz CT molecular complexity index is 1040. The van der Waals surface area contributed by atoms with Gasteiger partial charge in [0.1, 0.15) is 16.4 Å². The van der Waals surface area contributed by atoms with Gasteiger partial charge in [0.05, 0.1) is 0 Å². The lowest BCUT2D eigenvalue weighted by Crippen LogP contribution is -2.01. The SMILES string of the molecule is c1ccc(-n2c(Sc3ccc4nccnc4n3)nnc2C2CC2)cc1. The minimum atomic E-state index is 0.512. The van der Waals surface area contributed by atoms with Crippen LogP contribution < -0.4 is 0 Å². The molecule has 3 heterocycles. The van der Waals surface area contributed by atoms with E-state index < -0.39 is 0 Å². The normalized spacial score (nSPS) is 14.1. The third kappa shape index (κ3) is 2.76. The largest absolute Gasteiger partial charge is 0.273 e. The van der Waals surface area contributed by atoms with E-state index in [-0.39, 0.29) is 0 Å². The summed E-state index contributed by atoms with van der Waals surface area (Å²) in [7, 11) is 0. The standard InChI is InChI=1S/C18H14N6S/c1-2-4-13(5-3-1)24-17(12-6-7-12)22-23-18(24)25-15-9-8-14-16(21-15)20-11-10-19-14/h1-5,8-12H,6-7H2. The molecule has 0 N–H and O–H groups in total. The Morgan fingerprint density at radius 1 is 0.920 bits per heavy atom. The van der Waals surface area contributed by atoms with Gasteiger partial charge in [-0.2, -0.15) is 0 Å². The minimum absolute atomic E-state index is 0.512. The summed E-state index contributed by atoms with van der Waals surface area (Å²) in [5.74, 6) is 1.55. The van der Waals surface area contributed by atoms with Crippen molar-refractivity contribution in [3.63, 3.8) is 0 Å². The van der Waals surface area contributed by atoms with Crippen molar-refractivity contribution in [1.29, 1.82) is 0 Å². The molecule has 0 radical (unpaired) electrons. The number of aromatic nitrogens is 6. The number of nitrogens with zero attached hydrogens (tertiary/aromatic N) is 6. The lowest BCUT2D eigenvalue weighted by atomic mass is 10.3. The Morgan fingerprint density at radius 3 is 2.60 bits per heavy atom. The van der Waals surface area contributed by atoms with Crippen molar-refractivity contribution in [1.82, 2.24) is 29.7 Å². The van der Waals surface area contributed by atoms with Crippen LogP contribution in [0.3, 0.4) is 0 Å². The van der Waals surface area contributed by atoms with Gasteiger partial charge >= 0.3 is 0 Å². The van der Waals surface area contributed by atoms with E-state index >= 15 is 0 Å². The number of benzene rings is 1. The molecule has 25 heavy (non-hydrogen) atoms. The smallest absolute Gasteiger partial charge is 0.202 e. The summed E-state index contributed by atoms with van der Waals surface area (Å²) >= 11 is 1.50. The lowest BCUT2D eigenvalue weighted by molar-refractivity contribution is 0.828. The van der Waals surface area contributed by atoms with Gasteiger partial charge in [0.15, 0.2) is 5.65 Å². The molecule has 0 amide bonds. The van der Waals surface area contributed by atoms with Gasteiger partial charge in [-0.15, -0.1) is 10.2 Å². The van der Waals surface area contributed by atoms with E-state index in [0.29, 0.717) is 11.6 Å². The van der Waals surface area contributed by atoms with E-state index in [1.807, 2.05) is 30.3 Å². The second kappa shape index (κ2) is 5.93. The molecule has 122 valence electrons. The molecule has 0 unspecified atom stereocenters. The monoisotopic (exact) mass is 346 g/mol. The van der Waals surface area contributed by atoms with Gasteiger partial charge in [0, 0.05) is 24.0 Å². The predicted molar refractivity (Wildman–Crippen MR) is 94.8 cm³/mol. The Hall–Kier alpha value is -2.80. The Morgan fingerprint density at radius 2 is 1.76 bits per heavy atom. The summed E-state index contributed by atoms with van der Waals surface area (Å²) in [5.41, 5.74) is 2.51. The maximum absolute atomic E-state index is 4.58. The molecule has 7 heteroatoms. The van der Waals surface area contributed by atoms with E-state index in [2.05, 4.69) is 41.8 Å². The summed E-state index contributed by atoms with van der Waals surface area (Å²) in [5, 5.41) is 10.5. The maximum Gasteiger partial charge on any atom is 0.202 e. The average Bonchev–Trinajstić information content (AvgIpc) is 3.43. The summed E-state index contributed by atoms with van der Waals surface area (Å²) in [6, 6.07) is 14.1. The molecular weight excluding hydrogens is 332 g/mol. The van der Waals surface area contributed by atoms with Crippen LogP contribution in [0.5, 0.6) is 0 Å². The van der Waals surface area contributed by atoms with Crippen molar-refractivity contribution in [2.24, 2.45) is 0 Å². The summed E-state index contributed by atoms with van der Waals surface area (Å²) in [6.07, 6.45) is 5.69. The van der Waals surface area contributed by atoms with E-state index in [1.165, 1.54) is 24.6 Å². The van der Waals surface area contributed by atoms with Gasteiger partial charge in [0.2, 0.25) is 5.16 Å². The topological polar surface area (TPSA) is 69.4 Å². The fourth-order valence-electron chi connectivity index (χ4n) is 2.76. The fourth-order valence-corrected chi connectivity index (χ4v) is 3.59. The molecule has 0 atom stereocenters. The highest BCUT2D eigenvalue weighted by molar-refractivity contribution is 7.99.